The van der Waals surface area contributed by atoms with Gasteiger partial charge < -0.3 is 15.7 Å². The molecular weight excluding hydrogens is 571 g/mol. The van der Waals surface area contributed by atoms with Crippen molar-refractivity contribution < 1.29 is 32.7 Å². The number of carbonyl (C=O) groups is 3. The number of likely N-dealkylation sites (tertiary alicyclic amines) is 1. The summed E-state index contributed by atoms with van der Waals surface area (Å²) in [6.45, 7) is 1.21. The highest BCUT2D eigenvalue weighted by Crippen LogP contribution is 2.42. The smallest absolute Gasteiger partial charge is 0.384 e. The average molecular weight is 608 g/mol. The Morgan fingerprint density at radius 3 is 2.39 bits per heavy atom. The SMILES string of the molecule is NC(=O)c1ccccc1-c1ccc(C2(O)CCC(C[C@H]3CCN(C(=O)CCC(=O)c4cccc(C(F)(F)F)c4)C3)CC2)nc1. The Bertz CT molecular complexity index is 1510. The molecule has 1 aromatic heterocycles. The second-order valence-electron chi connectivity index (χ2n) is 12.0. The van der Waals surface area contributed by atoms with Crippen LogP contribution in [0.25, 0.3) is 11.1 Å². The van der Waals surface area contributed by atoms with E-state index in [1.807, 2.05) is 24.3 Å². The Kier molecular flexibility index (Phi) is 9.20. The number of primary amides is 1. The van der Waals surface area contributed by atoms with Crippen LogP contribution in [-0.4, -0.2) is 45.7 Å². The maximum Gasteiger partial charge on any atom is 0.416 e. The number of alkyl halides is 3. The van der Waals surface area contributed by atoms with Gasteiger partial charge in [-0.25, -0.2) is 0 Å². The maximum absolute atomic E-state index is 13.0. The molecule has 1 aliphatic heterocycles. The molecule has 232 valence electrons. The van der Waals surface area contributed by atoms with Gasteiger partial charge in [0, 0.05) is 48.8 Å². The number of nitrogens with zero attached hydrogens (tertiary/aromatic N) is 2. The van der Waals surface area contributed by atoms with Crippen molar-refractivity contribution in [1.82, 2.24) is 9.88 Å². The van der Waals surface area contributed by atoms with Gasteiger partial charge >= 0.3 is 6.18 Å². The number of pyridine rings is 1. The summed E-state index contributed by atoms with van der Waals surface area (Å²) in [4.78, 5) is 43.4. The van der Waals surface area contributed by atoms with E-state index >= 15 is 0 Å². The minimum atomic E-state index is -4.53. The van der Waals surface area contributed by atoms with E-state index in [1.165, 1.54) is 12.1 Å². The van der Waals surface area contributed by atoms with Crippen LogP contribution < -0.4 is 5.73 Å². The lowest BCUT2D eigenvalue weighted by atomic mass is 9.74. The number of hydrogen-bond donors (Lipinski definition) is 2. The van der Waals surface area contributed by atoms with Gasteiger partial charge in [0.1, 0.15) is 5.60 Å². The predicted molar refractivity (Wildman–Crippen MR) is 158 cm³/mol. The second-order valence-corrected chi connectivity index (χ2v) is 12.0. The Balaban J connectivity index is 1.08. The van der Waals surface area contributed by atoms with Gasteiger partial charge in [0.2, 0.25) is 11.8 Å². The molecule has 2 aromatic carbocycles. The van der Waals surface area contributed by atoms with Crippen molar-refractivity contribution in [3.63, 3.8) is 0 Å². The number of aliphatic hydroxyl groups is 1. The zero-order valence-corrected chi connectivity index (χ0v) is 24.4. The molecule has 0 radical (unpaired) electrons. The van der Waals surface area contributed by atoms with Crippen LogP contribution in [0, 0.1) is 11.8 Å². The summed E-state index contributed by atoms with van der Waals surface area (Å²) in [6, 6.07) is 15.0. The highest BCUT2D eigenvalue weighted by molar-refractivity contribution is 6.00. The van der Waals surface area contributed by atoms with Crippen LogP contribution in [0.15, 0.2) is 66.9 Å². The van der Waals surface area contributed by atoms with Crippen molar-refractivity contribution in [2.75, 3.05) is 13.1 Å². The number of benzene rings is 2. The van der Waals surface area contributed by atoms with Gasteiger partial charge in [0.25, 0.3) is 0 Å². The molecule has 2 aliphatic rings. The minimum Gasteiger partial charge on any atom is -0.384 e. The second kappa shape index (κ2) is 12.9. The summed E-state index contributed by atoms with van der Waals surface area (Å²) in [6.07, 6.45) is 1.61. The van der Waals surface area contributed by atoms with Crippen molar-refractivity contribution in [2.45, 2.75) is 63.1 Å². The number of amides is 2. The van der Waals surface area contributed by atoms with Crippen LogP contribution in [0.1, 0.15) is 83.3 Å². The Labute approximate surface area is 254 Å². The fraction of sp³-hybridized carbons (Fsp3) is 0.412. The van der Waals surface area contributed by atoms with Crippen LogP contribution in [0.3, 0.4) is 0 Å². The molecule has 3 aromatic rings. The molecule has 2 fully saturated rings. The summed E-state index contributed by atoms with van der Waals surface area (Å²) < 4.78 is 38.9. The van der Waals surface area contributed by atoms with Gasteiger partial charge in [-0.05, 0) is 80.2 Å². The number of nitrogens with two attached hydrogens (primary N) is 1. The number of Topliss-reactive ketones (excluding diaryl/α,β-unsaturated/α-hetero) is 1. The summed E-state index contributed by atoms with van der Waals surface area (Å²) in [5, 5.41) is 11.4. The quantitative estimate of drug-likeness (QED) is 0.284. The summed E-state index contributed by atoms with van der Waals surface area (Å²) >= 11 is 0. The third-order valence-electron chi connectivity index (χ3n) is 9.06. The van der Waals surface area contributed by atoms with Crippen LogP contribution in [0.4, 0.5) is 13.2 Å². The van der Waals surface area contributed by atoms with E-state index in [1.54, 1.807) is 23.2 Å². The van der Waals surface area contributed by atoms with Crippen molar-refractivity contribution in [3.05, 3.63) is 89.2 Å². The first kappa shape index (κ1) is 31.4. The Hall–Kier alpha value is -4.05. The van der Waals surface area contributed by atoms with Crippen LogP contribution in [0.2, 0.25) is 0 Å². The Morgan fingerprint density at radius 2 is 1.70 bits per heavy atom. The first-order valence-electron chi connectivity index (χ1n) is 15.0. The standard InChI is InChI=1S/C34H36F3N3O4/c35-34(36,37)26-5-3-4-24(19-26)29(41)9-11-31(42)40-17-14-23(21-40)18-22-12-15-33(44,16-13-22)30-10-8-25(20-39-30)27-6-1-2-7-28(27)32(38)43/h1-8,10,19-20,22-23,44H,9,11-18,21H2,(H2,38,43)/t22?,23-,33?/m1/s1. The molecule has 3 N–H and O–H groups in total. The van der Waals surface area contributed by atoms with Gasteiger partial charge in [-0.2, -0.15) is 13.2 Å². The first-order chi connectivity index (χ1) is 20.9. The van der Waals surface area contributed by atoms with E-state index < -0.39 is 29.0 Å². The van der Waals surface area contributed by atoms with E-state index in [9.17, 15) is 32.7 Å². The van der Waals surface area contributed by atoms with Gasteiger partial charge in [-0.3, -0.25) is 19.4 Å². The van der Waals surface area contributed by atoms with Crippen molar-refractivity contribution in [1.29, 1.82) is 0 Å². The predicted octanol–water partition coefficient (Wildman–Crippen LogP) is 6.15. The van der Waals surface area contributed by atoms with Gasteiger partial charge in [0.15, 0.2) is 5.78 Å². The molecule has 1 aliphatic carbocycles. The number of hydrogen-bond acceptors (Lipinski definition) is 5. The third-order valence-corrected chi connectivity index (χ3v) is 9.06. The molecule has 44 heavy (non-hydrogen) atoms. The fourth-order valence-electron chi connectivity index (χ4n) is 6.54. The van der Waals surface area contributed by atoms with E-state index in [0.29, 0.717) is 54.6 Å². The first-order valence-corrected chi connectivity index (χ1v) is 15.0. The molecular formula is C34H36F3N3O4. The fourth-order valence-corrected chi connectivity index (χ4v) is 6.54. The Morgan fingerprint density at radius 1 is 0.955 bits per heavy atom. The monoisotopic (exact) mass is 607 g/mol. The molecule has 2 amide bonds. The molecule has 2 heterocycles. The number of rotatable bonds is 9. The molecule has 1 saturated carbocycles. The number of carbonyl (C=O) groups excluding carboxylic acids is 3. The lowest BCUT2D eigenvalue weighted by molar-refractivity contribution is -0.137. The number of ketones is 1. The van der Waals surface area contributed by atoms with Gasteiger partial charge in [-0.15, -0.1) is 0 Å². The summed E-state index contributed by atoms with van der Waals surface area (Å²) in [7, 11) is 0. The largest absolute Gasteiger partial charge is 0.416 e. The molecule has 1 atom stereocenters. The molecule has 1 saturated heterocycles. The molecule has 7 nitrogen and oxygen atoms in total. The van der Waals surface area contributed by atoms with Crippen molar-refractivity contribution >= 4 is 17.6 Å². The van der Waals surface area contributed by atoms with E-state index in [-0.39, 0.29) is 24.3 Å². The molecule has 10 heteroatoms. The highest BCUT2D eigenvalue weighted by Gasteiger charge is 2.38. The lowest BCUT2D eigenvalue weighted by Crippen LogP contribution is -2.33. The maximum atomic E-state index is 13.0. The highest BCUT2D eigenvalue weighted by atomic mass is 19.4. The topological polar surface area (TPSA) is 114 Å². The molecule has 0 spiro atoms. The van der Waals surface area contributed by atoms with Crippen LogP contribution >= 0.6 is 0 Å². The van der Waals surface area contributed by atoms with Gasteiger partial charge in [0.05, 0.1) is 11.3 Å². The lowest BCUT2D eigenvalue weighted by Gasteiger charge is -2.36. The third kappa shape index (κ3) is 7.18. The van der Waals surface area contributed by atoms with E-state index in [2.05, 4.69) is 4.98 Å². The van der Waals surface area contributed by atoms with E-state index in [4.69, 9.17) is 5.73 Å². The number of halogens is 3. The van der Waals surface area contributed by atoms with Crippen LogP contribution in [0.5, 0.6) is 0 Å². The molecule has 0 unspecified atom stereocenters. The van der Waals surface area contributed by atoms with Crippen molar-refractivity contribution in [3.8, 4) is 11.1 Å². The normalized spacial score (nSPS) is 22.1. The van der Waals surface area contributed by atoms with Gasteiger partial charge in [-0.1, -0.05) is 36.4 Å². The van der Waals surface area contributed by atoms with E-state index in [0.717, 1.165) is 43.4 Å². The minimum absolute atomic E-state index is 0.0296. The average Bonchev–Trinajstić information content (AvgIpc) is 3.49. The zero-order chi connectivity index (χ0) is 31.5. The molecule has 0 bridgehead atoms. The van der Waals surface area contributed by atoms with Crippen LogP contribution in [-0.2, 0) is 16.6 Å². The zero-order valence-electron chi connectivity index (χ0n) is 24.4. The summed E-state index contributed by atoms with van der Waals surface area (Å²) in [5.74, 6) is -0.398. The molecule has 5 rings (SSSR count). The number of aromatic nitrogens is 1. The summed E-state index contributed by atoms with van der Waals surface area (Å²) in [5.41, 5.74) is 6.04. The van der Waals surface area contributed by atoms with Crippen molar-refractivity contribution in [2.24, 2.45) is 17.6 Å².